The van der Waals surface area contributed by atoms with Crippen molar-refractivity contribution in [1.29, 1.82) is 0 Å². The molecule has 37 heavy (non-hydrogen) atoms. The molecule has 0 bridgehead atoms. The van der Waals surface area contributed by atoms with Gasteiger partial charge in [-0.05, 0) is 49.8 Å². The SMILES string of the molecule is CCCn1c(C(=O)N[C@H](CC(C)C)C(=O)N[C@H](C[C@@H]2CCNC2=O)C(=O)CO)cc2c(OC)cccc21. The summed E-state index contributed by atoms with van der Waals surface area (Å²) in [6.07, 6.45) is 1.81. The molecule has 0 spiro atoms. The number of nitrogens with one attached hydrogen (secondary N) is 3. The maximum atomic E-state index is 13.5. The van der Waals surface area contributed by atoms with Crippen LogP contribution >= 0.6 is 0 Å². The number of aliphatic hydroxyl groups excluding tert-OH is 1. The Kier molecular flexibility index (Phi) is 9.68. The van der Waals surface area contributed by atoms with E-state index in [4.69, 9.17) is 4.74 Å². The fourth-order valence-electron chi connectivity index (χ4n) is 4.83. The van der Waals surface area contributed by atoms with Gasteiger partial charge in [-0.25, -0.2) is 0 Å². The number of carbonyl (C=O) groups excluding carboxylic acids is 4. The predicted octanol–water partition coefficient (Wildman–Crippen LogP) is 1.78. The summed E-state index contributed by atoms with van der Waals surface area (Å²) in [5.74, 6) is -1.37. The zero-order valence-corrected chi connectivity index (χ0v) is 22.0. The highest BCUT2D eigenvalue weighted by molar-refractivity contribution is 6.02. The second kappa shape index (κ2) is 12.7. The molecule has 1 aromatic carbocycles. The minimum absolute atomic E-state index is 0.0743. The minimum Gasteiger partial charge on any atom is -0.496 e. The van der Waals surface area contributed by atoms with Crippen LogP contribution in [0.25, 0.3) is 10.9 Å². The van der Waals surface area contributed by atoms with E-state index in [0.717, 1.165) is 17.3 Å². The fourth-order valence-corrected chi connectivity index (χ4v) is 4.83. The van der Waals surface area contributed by atoms with E-state index in [-0.39, 0.29) is 18.2 Å². The van der Waals surface area contributed by atoms with Crippen LogP contribution in [0.15, 0.2) is 24.3 Å². The van der Waals surface area contributed by atoms with Gasteiger partial charge in [-0.2, -0.15) is 0 Å². The number of aliphatic hydroxyl groups is 1. The number of aromatic nitrogens is 1. The number of ether oxygens (including phenoxy) is 1. The van der Waals surface area contributed by atoms with E-state index in [9.17, 15) is 24.3 Å². The normalized spacial score (nSPS) is 16.9. The lowest BCUT2D eigenvalue weighted by molar-refractivity contribution is -0.131. The zero-order valence-electron chi connectivity index (χ0n) is 22.0. The van der Waals surface area contributed by atoms with Crippen molar-refractivity contribution in [2.24, 2.45) is 11.8 Å². The molecule has 2 heterocycles. The smallest absolute Gasteiger partial charge is 0.268 e. The fraction of sp³-hybridized carbons (Fsp3) is 0.556. The first kappa shape index (κ1) is 28.2. The molecule has 1 saturated heterocycles. The molecule has 1 fully saturated rings. The van der Waals surface area contributed by atoms with Gasteiger partial charge in [0, 0.05) is 24.4 Å². The molecule has 4 N–H and O–H groups in total. The number of rotatable bonds is 13. The minimum atomic E-state index is -1.02. The van der Waals surface area contributed by atoms with Crippen LogP contribution in [0.2, 0.25) is 0 Å². The molecule has 10 nitrogen and oxygen atoms in total. The molecule has 1 aliphatic rings. The molecule has 10 heteroatoms. The summed E-state index contributed by atoms with van der Waals surface area (Å²) in [7, 11) is 1.58. The number of nitrogens with zero attached hydrogens (tertiary/aromatic N) is 1. The van der Waals surface area contributed by atoms with E-state index in [1.807, 2.05) is 43.5 Å². The standard InChI is InChI=1S/C27H38N4O6/c1-5-11-31-21-7-6-8-24(37-4)18(21)14-22(31)27(36)30-20(12-16(2)3)26(35)29-19(23(33)15-32)13-17-9-10-28-25(17)34/h6-8,14,16-17,19-20,32H,5,9-13,15H2,1-4H3,(H,28,34)(H,29,35)(H,30,36)/t17-,19+,20+/m0/s1. The third-order valence-corrected chi connectivity index (χ3v) is 6.68. The van der Waals surface area contributed by atoms with Gasteiger partial charge in [0.2, 0.25) is 11.8 Å². The molecule has 2 aromatic rings. The van der Waals surface area contributed by atoms with Crippen molar-refractivity contribution < 1.29 is 29.0 Å². The van der Waals surface area contributed by atoms with Crippen LogP contribution in [0, 0.1) is 11.8 Å². The number of carbonyl (C=O) groups is 4. The lowest BCUT2D eigenvalue weighted by Gasteiger charge is -2.25. The van der Waals surface area contributed by atoms with Crippen molar-refractivity contribution in [3.05, 3.63) is 30.0 Å². The molecule has 0 radical (unpaired) electrons. The first-order chi connectivity index (χ1) is 17.7. The molecule has 3 atom stereocenters. The highest BCUT2D eigenvalue weighted by Crippen LogP contribution is 2.29. The topological polar surface area (TPSA) is 139 Å². The lowest BCUT2D eigenvalue weighted by Crippen LogP contribution is -2.53. The van der Waals surface area contributed by atoms with Gasteiger partial charge in [-0.1, -0.05) is 26.8 Å². The quantitative estimate of drug-likeness (QED) is 0.321. The Morgan fingerprint density at radius 1 is 1.22 bits per heavy atom. The average molecular weight is 515 g/mol. The maximum Gasteiger partial charge on any atom is 0.268 e. The number of fused-ring (bicyclic) bond motifs is 1. The van der Waals surface area contributed by atoms with Crippen molar-refractivity contribution in [3.8, 4) is 5.75 Å². The van der Waals surface area contributed by atoms with Crippen LogP contribution in [0.1, 0.15) is 56.9 Å². The van der Waals surface area contributed by atoms with E-state index in [0.29, 0.717) is 37.4 Å². The van der Waals surface area contributed by atoms with Crippen LogP contribution in [-0.2, 0) is 20.9 Å². The number of amides is 3. The largest absolute Gasteiger partial charge is 0.496 e. The van der Waals surface area contributed by atoms with Gasteiger partial charge in [0.05, 0.1) is 18.7 Å². The van der Waals surface area contributed by atoms with E-state index in [1.165, 1.54) is 0 Å². The average Bonchev–Trinajstić information content (AvgIpc) is 3.45. The summed E-state index contributed by atoms with van der Waals surface area (Å²) in [5, 5.41) is 18.5. The van der Waals surface area contributed by atoms with Crippen LogP contribution < -0.4 is 20.7 Å². The van der Waals surface area contributed by atoms with Crippen molar-refractivity contribution >= 4 is 34.4 Å². The molecular weight excluding hydrogens is 476 g/mol. The summed E-state index contributed by atoms with van der Waals surface area (Å²) < 4.78 is 7.39. The van der Waals surface area contributed by atoms with Gasteiger partial charge in [0.25, 0.3) is 5.91 Å². The van der Waals surface area contributed by atoms with Crippen LogP contribution in [0.5, 0.6) is 5.75 Å². The third-order valence-electron chi connectivity index (χ3n) is 6.68. The molecule has 0 unspecified atom stereocenters. The molecule has 202 valence electrons. The van der Waals surface area contributed by atoms with Crippen molar-refractivity contribution in [2.75, 3.05) is 20.3 Å². The highest BCUT2D eigenvalue weighted by Gasteiger charge is 2.33. The Hall–Kier alpha value is -3.40. The maximum absolute atomic E-state index is 13.5. The molecule has 3 amide bonds. The number of Topliss-reactive ketones (excluding diaryl/α,β-unsaturated/α-hetero) is 1. The Balaban J connectivity index is 1.85. The van der Waals surface area contributed by atoms with Crippen molar-refractivity contribution in [1.82, 2.24) is 20.5 Å². The van der Waals surface area contributed by atoms with E-state index >= 15 is 0 Å². The summed E-state index contributed by atoms with van der Waals surface area (Å²) in [6, 6.07) is 5.46. The third kappa shape index (κ3) is 6.68. The van der Waals surface area contributed by atoms with Crippen LogP contribution in [-0.4, -0.2) is 65.5 Å². The van der Waals surface area contributed by atoms with Gasteiger partial charge < -0.3 is 30.4 Å². The first-order valence-corrected chi connectivity index (χ1v) is 12.9. The van der Waals surface area contributed by atoms with Gasteiger partial charge in [0.15, 0.2) is 5.78 Å². The van der Waals surface area contributed by atoms with E-state index in [1.54, 1.807) is 13.2 Å². The van der Waals surface area contributed by atoms with Gasteiger partial charge in [-0.3, -0.25) is 19.2 Å². The zero-order chi connectivity index (χ0) is 27.1. The first-order valence-electron chi connectivity index (χ1n) is 12.9. The number of hydrogen-bond acceptors (Lipinski definition) is 6. The van der Waals surface area contributed by atoms with Gasteiger partial charge in [-0.15, -0.1) is 0 Å². The Bertz CT molecular complexity index is 1140. The monoisotopic (exact) mass is 514 g/mol. The summed E-state index contributed by atoms with van der Waals surface area (Å²) >= 11 is 0. The number of ketones is 1. The van der Waals surface area contributed by atoms with Gasteiger partial charge in [0.1, 0.15) is 24.1 Å². The number of aryl methyl sites for hydroxylation is 1. The van der Waals surface area contributed by atoms with E-state index < -0.39 is 42.2 Å². The number of methoxy groups -OCH3 is 1. The number of hydrogen-bond donors (Lipinski definition) is 4. The molecule has 1 aromatic heterocycles. The number of benzene rings is 1. The summed E-state index contributed by atoms with van der Waals surface area (Å²) in [5.41, 5.74) is 1.27. The lowest BCUT2D eigenvalue weighted by atomic mass is 9.95. The van der Waals surface area contributed by atoms with Gasteiger partial charge >= 0.3 is 0 Å². The molecule has 0 saturated carbocycles. The Morgan fingerprint density at radius 2 is 1.97 bits per heavy atom. The van der Waals surface area contributed by atoms with Crippen LogP contribution in [0.3, 0.4) is 0 Å². The highest BCUT2D eigenvalue weighted by atomic mass is 16.5. The second-order valence-electron chi connectivity index (χ2n) is 9.93. The molecule has 3 rings (SSSR count). The molecule has 0 aliphatic carbocycles. The Labute approximate surface area is 217 Å². The van der Waals surface area contributed by atoms with Crippen molar-refractivity contribution in [2.45, 2.75) is 65.1 Å². The summed E-state index contributed by atoms with van der Waals surface area (Å²) in [4.78, 5) is 51.3. The van der Waals surface area contributed by atoms with E-state index in [2.05, 4.69) is 16.0 Å². The predicted molar refractivity (Wildman–Crippen MR) is 139 cm³/mol. The molecule has 1 aliphatic heterocycles. The van der Waals surface area contributed by atoms with Crippen molar-refractivity contribution in [3.63, 3.8) is 0 Å². The van der Waals surface area contributed by atoms with Crippen LogP contribution in [0.4, 0.5) is 0 Å². The summed E-state index contributed by atoms with van der Waals surface area (Å²) in [6.45, 7) is 6.26. The Morgan fingerprint density at radius 3 is 2.57 bits per heavy atom. The molecular formula is C27H38N4O6. The second-order valence-corrected chi connectivity index (χ2v) is 9.93.